The summed E-state index contributed by atoms with van der Waals surface area (Å²) in [6, 6.07) is 21.1. The van der Waals surface area contributed by atoms with Crippen molar-refractivity contribution >= 4 is 23.4 Å². The summed E-state index contributed by atoms with van der Waals surface area (Å²) in [6.07, 6.45) is 0. The monoisotopic (exact) mass is 448 g/mol. The maximum absolute atomic E-state index is 13.1. The van der Waals surface area contributed by atoms with Crippen LogP contribution >= 0.6 is 11.8 Å². The number of thioether (sulfide) groups is 1. The Bertz CT molecular complexity index is 1220. The number of anilines is 1. The van der Waals surface area contributed by atoms with Crippen LogP contribution in [-0.2, 0) is 11.8 Å². The van der Waals surface area contributed by atoms with E-state index in [1.165, 1.54) is 23.9 Å². The first kappa shape index (κ1) is 21.6. The van der Waals surface area contributed by atoms with E-state index in [1.807, 2.05) is 50.4 Å². The SMILES string of the molecule is Cc1cccc(Oc2ccc(NC(=O)CSc3nnc(-c4ccc(F)cc4)n3C)cc2)c1. The van der Waals surface area contributed by atoms with Crippen LogP contribution in [0.2, 0.25) is 0 Å². The quantitative estimate of drug-likeness (QED) is 0.381. The molecule has 4 rings (SSSR count). The second-order valence-electron chi connectivity index (χ2n) is 7.15. The number of nitrogens with zero attached hydrogens (tertiary/aromatic N) is 3. The first-order chi connectivity index (χ1) is 15.5. The predicted molar refractivity (Wildman–Crippen MR) is 123 cm³/mol. The number of aromatic nitrogens is 3. The number of rotatable bonds is 7. The van der Waals surface area contributed by atoms with Crippen LogP contribution in [0.4, 0.5) is 10.1 Å². The van der Waals surface area contributed by atoms with Crippen molar-refractivity contribution in [2.45, 2.75) is 12.1 Å². The Hall–Kier alpha value is -3.65. The molecule has 0 atom stereocenters. The van der Waals surface area contributed by atoms with Crippen LogP contribution in [0.25, 0.3) is 11.4 Å². The van der Waals surface area contributed by atoms with Gasteiger partial charge in [-0.3, -0.25) is 4.79 Å². The van der Waals surface area contributed by atoms with Gasteiger partial charge in [-0.25, -0.2) is 4.39 Å². The third kappa shape index (κ3) is 5.33. The van der Waals surface area contributed by atoms with Crippen LogP contribution in [0.3, 0.4) is 0 Å². The first-order valence-corrected chi connectivity index (χ1v) is 10.9. The van der Waals surface area contributed by atoms with Crippen LogP contribution in [0, 0.1) is 12.7 Å². The topological polar surface area (TPSA) is 69.0 Å². The van der Waals surface area contributed by atoms with Gasteiger partial charge in [0.15, 0.2) is 11.0 Å². The molecule has 3 aromatic carbocycles. The van der Waals surface area contributed by atoms with Gasteiger partial charge in [0.05, 0.1) is 5.75 Å². The number of carbonyl (C=O) groups excluding carboxylic acids is 1. The number of hydrogen-bond donors (Lipinski definition) is 1. The molecule has 6 nitrogen and oxygen atoms in total. The van der Waals surface area contributed by atoms with Crippen molar-refractivity contribution in [1.29, 1.82) is 0 Å². The van der Waals surface area contributed by atoms with Crippen LogP contribution < -0.4 is 10.1 Å². The van der Waals surface area contributed by atoms with Gasteiger partial charge in [0, 0.05) is 18.3 Å². The molecule has 0 unspecified atom stereocenters. The van der Waals surface area contributed by atoms with Gasteiger partial charge in [0.2, 0.25) is 5.91 Å². The zero-order valence-electron chi connectivity index (χ0n) is 17.6. The van der Waals surface area contributed by atoms with E-state index in [4.69, 9.17) is 4.74 Å². The van der Waals surface area contributed by atoms with Crippen LogP contribution in [0.1, 0.15) is 5.56 Å². The van der Waals surface area contributed by atoms with E-state index in [-0.39, 0.29) is 17.5 Å². The van der Waals surface area contributed by atoms with Crippen molar-refractivity contribution < 1.29 is 13.9 Å². The number of carbonyl (C=O) groups is 1. The fourth-order valence-corrected chi connectivity index (χ4v) is 3.75. The standard InChI is InChI=1S/C24H21FN4O2S/c1-16-4-3-5-21(14-16)31-20-12-10-19(11-13-20)26-22(30)15-32-24-28-27-23(29(24)2)17-6-8-18(25)9-7-17/h3-14H,15H2,1-2H3,(H,26,30). The third-order valence-electron chi connectivity index (χ3n) is 4.63. The lowest BCUT2D eigenvalue weighted by Crippen LogP contribution is -2.14. The highest BCUT2D eigenvalue weighted by Crippen LogP contribution is 2.25. The molecule has 1 N–H and O–H groups in total. The third-order valence-corrected chi connectivity index (χ3v) is 5.65. The minimum absolute atomic E-state index is 0.159. The van der Waals surface area contributed by atoms with E-state index < -0.39 is 0 Å². The van der Waals surface area contributed by atoms with E-state index in [1.54, 1.807) is 28.8 Å². The number of halogens is 1. The second-order valence-corrected chi connectivity index (χ2v) is 8.09. The van der Waals surface area contributed by atoms with Crippen molar-refractivity contribution in [3.05, 3.63) is 84.2 Å². The number of hydrogen-bond acceptors (Lipinski definition) is 5. The molecule has 0 saturated heterocycles. The zero-order valence-corrected chi connectivity index (χ0v) is 18.4. The van der Waals surface area contributed by atoms with Crippen molar-refractivity contribution in [2.75, 3.05) is 11.1 Å². The minimum atomic E-state index is -0.308. The average Bonchev–Trinajstić information content (AvgIpc) is 3.14. The molecule has 0 bridgehead atoms. The lowest BCUT2D eigenvalue weighted by molar-refractivity contribution is -0.113. The van der Waals surface area contributed by atoms with E-state index >= 15 is 0 Å². The lowest BCUT2D eigenvalue weighted by atomic mass is 10.2. The Balaban J connectivity index is 1.32. The number of ether oxygens (including phenoxy) is 1. The molecule has 162 valence electrons. The van der Waals surface area contributed by atoms with E-state index in [9.17, 15) is 9.18 Å². The van der Waals surface area contributed by atoms with Crippen molar-refractivity contribution in [1.82, 2.24) is 14.8 Å². The molecule has 0 aliphatic rings. The average molecular weight is 449 g/mol. The highest BCUT2D eigenvalue weighted by Gasteiger charge is 2.13. The predicted octanol–water partition coefficient (Wildman–Crippen LogP) is 5.45. The van der Waals surface area contributed by atoms with Gasteiger partial charge in [-0.1, -0.05) is 23.9 Å². The maximum atomic E-state index is 13.1. The molecule has 0 spiro atoms. The van der Waals surface area contributed by atoms with E-state index in [0.717, 1.165) is 16.9 Å². The van der Waals surface area contributed by atoms with Gasteiger partial charge >= 0.3 is 0 Å². The smallest absolute Gasteiger partial charge is 0.234 e. The Morgan fingerprint density at radius 2 is 1.78 bits per heavy atom. The van der Waals surface area contributed by atoms with Gasteiger partial charge in [-0.15, -0.1) is 10.2 Å². The molecule has 8 heteroatoms. The van der Waals surface area contributed by atoms with Crippen LogP contribution in [0.15, 0.2) is 78.0 Å². The number of benzene rings is 3. The molecule has 1 aromatic heterocycles. The van der Waals surface area contributed by atoms with E-state index in [2.05, 4.69) is 15.5 Å². The Kier molecular flexibility index (Phi) is 6.51. The first-order valence-electron chi connectivity index (χ1n) is 9.90. The minimum Gasteiger partial charge on any atom is -0.457 e. The molecule has 1 heterocycles. The maximum Gasteiger partial charge on any atom is 0.234 e. The van der Waals surface area contributed by atoms with E-state index in [0.29, 0.717) is 22.4 Å². The van der Waals surface area contributed by atoms with Crippen molar-refractivity contribution in [2.24, 2.45) is 7.05 Å². The highest BCUT2D eigenvalue weighted by molar-refractivity contribution is 7.99. The summed E-state index contributed by atoms with van der Waals surface area (Å²) in [7, 11) is 1.81. The number of amides is 1. The largest absolute Gasteiger partial charge is 0.457 e. The van der Waals surface area contributed by atoms with Crippen LogP contribution in [0.5, 0.6) is 11.5 Å². The highest BCUT2D eigenvalue weighted by atomic mass is 32.2. The summed E-state index contributed by atoms with van der Waals surface area (Å²) in [6.45, 7) is 2.01. The summed E-state index contributed by atoms with van der Waals surface area (Å²) < 4.78 is 20.7. The molecule has 4 aromatic rings. The van der Waals surface area contributed by atoms with Gasteiger partial charge < -0.3 is 14.6 Å². The molecular formula is C24H21FN4O2S. The molecule has 1 amide bonds. The normalized spacial score (nSPS) is 10.7. The van der Waals surface area contributed by atoms with Gasteiger partial charge in [-0.05, 0) is 73.2 Å². The Morgan fingerprint density at radius 1 is 1.03 bits per heavy atom. The molecule has 0 radical (unpaired) electrons. The molecule has 0 aliphatic carbocycles. The van der Waals surface area contributed by atoms with Gasteiger partial charge in [-0.2, -0.15) is 0 Å². The number of aryl methyl sites for hydroxylation is 1. The number of nitrogens with one attached hydrogen (secondary N) is 1. The zero-order chi connectivity index (χ0) is 22.5. The Labute approximate surface area is 189 Å². The lowest BCUT2D eigenvalue weighted by Gasteiger charge is -2.09. The summed E-state index contributed by atoms with van der Waals surface area (Å²) in [5, 5.41) is 11.7. The fraction of sp³-hybridized carbons (Fsp3) is 0.125. The second kappa shape index (κ2) is 9.65. The molecular weight excluding hydrogens is 427 g/mol. The summed E-state index contributed by atoms with van der Waals surface area (Å²) >= 11 is 1.28. The Morgan fingerprint density at radius 3 is 2.50 bits per heavy atom. The van der Waals surface area contributed by atoms with Gasteiger partial charge in [0.1, 0.15) is 17.3 Å². The molecule has 0 aliphatic heterocycles. The van der Waals surface area contributed by atoms with Crippen LogP contribution in [-0.4, -0.2) is 26.4 Å². The van der Waals surface area contributed by atoms with Gasteiger partial charge in [0.25, 0.3) is 0 Å². The summed E-state index contributed by atoms with van der Waals surface area (Å²) in [4.78, 5) is 12.4. The summed E-state index contributed by atoms with van der Waals surface area (Å²) in [5.41, 5.74) is 2.56. The van der Waals surface area contributed by atoms with Crippen molar-refractivity contribution in [3.8, 4) is 22.9 Å². The molecule has 32 heavy (non-hydrogen) atoms. The molecule has 0 fully saturated rings. The van der Waals surface area contributed by atoms with Crippen molar-refractivity contribution in [3.63, 3.8) is 0 Å². The molecule has 0 saturated carbocycles. The fourth-order valence-electron chi connectivity index (χ4n) is 3.04. The summed E-state index contributed by atoms with van der Waals surface area (Å²) in [5.74, 6) is 1.77.